The van der Waals surface area contributed by atoms with Gasteiger partial charge in [0, 0.05) is 28.7 Å². The summed E-state index contributed by atoms with van der Waals surface area (Å²) in [4.78, 5) is 13.8. The van der Waals surface area contributed by atoms with Crippen molar-refractivity contribution < 1.29 is 18.7 Å². The van der Waals surface area contributed by atoms with Gasteiger partial charge in [0.1, 0.15) is 6.04 Å². The molecule has 0 saturated heterocycles. The number of hydrogen-bond donors (Lipinski definition) is 1. The van der Waals surface area contributed by atoms with Gasteiger partial charge in [-0.1, -0.05) is 28.8 Å². The number of carbonyl (C=O) groups is 1. The highest BCUT2D eigenvalue weighted by Crippen LogP contribution is 2.50. The number of hydrogen-bond acceptors (Lipinski definition) is 2. The monoisotopic (exact) mass is 315 g/mol. The van der Waals surface area contributed by atoms with Crippen molar-refractivity contribution in [2.24, 2.45) is 11.0 Å². The summed E-state index contributed by atoms with van der Waals surface area (Å²) in [5.41, 5.74) is 9.05. The fourth-order valence-corrected chi connectivity index (χ4v) is 2.82. The summed E-state index contributed by atoms with van der Waals surface area (Å²) in [6.07, 6.45) is -0.823. The van der Waals surface area contributed by atoms with E-state index < -0.39 is 42.6 Å². The van der Waals surface area contributed by atoms with Gasteiger partial charge in [0.2, 0.25) is 5.92 Å². The summed E-state index contributed by atoms with van der Waals surface area (Å²) in [5, 5.41) is 12.9. The molecule has 0 aromatic heterocycles. The van der Waals surface area contributed by atoms with Gasteiger partial charge < -0.3 is 5.11 Å². The van der Waals surface area contributed by atoms with E-state index in [9.17, 15) is 18.7 Å². The first kappa shape index (κ1) is 15.5. The van der Waals surface area contributed by atoms with Crippen molar-refractivity contribution in [2.45, 2.75) is 30.7 Å². The standard InChI is InChI=1S/C13H12ClF2N3O2/c14-9-3-1-7(2-4-9)10(8-5-13(15,16)6-8)11(12(20)21)18-19-17/h1-4,8,10-11H,5-6H2,(H,20,21)/t10-,11+/m0/s1. The molecular formula is C13H12ClF2N3O2. The number of halogens is 3. The number of rotatable bonds is 5. The summed E-state index contributed by atoms with van der Waals surface area (Å²) in [6.45, 7) is 0. The minimum absolute atomic E-state index is 0.412. The van der Waals surface area contributed by atoms with E-state index >= 15 is 0 Å². The molecule has 2 rings (SSSR count). The number of aliphatic carboxylic acids is 1. The van der Waals surface area contributed by atoms with Gasteiger partial charge in [0.25, 0.3) is 0 Å². The second-order valence-electron chi connectivity index (χ2n) is 5.09. The van der Waals surface area contributed by atoms with E-state index in [0.717, 1.165) is 0 Å². The first-order chi connectivity index (χ1) is 9.84. The maximum atomic E-state index is 13.1. The van der Waals surface area contributed by atoms with Crippen LogP contribution in [-0.4, -0.2) is 23.0 Å². The van der Waals surface area contributed by atoms with Gasteiger partial charge in [-0.15, -0.1) is 0 Å². The van der Waals surface area contributed by atoms with Crippen LogP contribution in [0, 0.1) is 5.92 Å². The number of carboxylic acid groups (broad SMARTS) is 1. The van der Waals surface area contributed by atoms with Crippen LogP contribution in [0.3, 0.4) is 0 Å². The molecule has 2 atom stereocenters. The molecule has 112 valence electrons. The molecule has 1 aromatic carbocycles. The second-order valence-corrected chi connectivity index (χ2v) is 5.53. The van der Waals surface area contributed by atoms with Gasteiger partial charge in [-0.25, -0.2) is 8.78 Å². The maximum Gasteiger partial charge on any atom is 0.313 e. The van der Waals surface area contributed by atoms with E-state index in [4.69, 9.17) is 17.1 Å². The van der Waals surface area contributed by atoms with Crippen molar-refractivity contribution in [3.63, 3.8) is 0 Å². The predicted octanol–water partition coefficient (Wildman–Crippen LogP) is 4.23. The van der Waals surface area contributed by atoms with Crippen LogP contribution in [0.5, 0.6) is 0 Å². The predicted molar refractivity (Wildman–Crippen MR) is 72.4 cm³/mol. The second kappa shape index (κ2) is 5.87. The molecule has 1 aliphatic rings. The molecule has 1 saturated carbocycles. The van der Waals surface area contributed by atoms with E-state index in [1.807, 2.05) is 0 Å². The van der Waals surface area contributed by atoms with Crippen LogP contribution >= 0.6 is 11.6 Å². The molecule has 1 aromatic rings. The van der Waals surface area contributed by atoms with Crippen molar-refractivity contribution >= 4 is 17.6 Å². The third kappa shape index (κ3) is 3.43. The van der Waals surface area contributed by atoms with E-state index in [2.05, 4.69) is 10.0 Å². The largest absolute Gasteiger partial charge is 0.481 e. The van der Waals surface area contributed by atoms with Crippen molar-refractivity contribution in [3.05, 3.63) is 45.3 Å². The van der Waals surface area contributed by atoms with Crippen LogP contribution in [0.4, 0.5) is 8.78 Å². The molecule has 21 heavy (non-hydrogen) atoms. The van der Waals surface area contributed by atoms with E-state index in [1.165, 1.54) is 0 Å². The van der Waals surface area contributed by atoms with Crippen LogP contribution in [0.2, 0.25) is 5.02 Å². The first-order valence-electron chi connectivity index (χ1n) is 6.24. The average Bonchev–Trinajstić information content (AvgIpc) is 2.37. The normalized spacial score (nSPS) is 20.0. The van der Waals surface area contributed by atoms with Crippen LogP contribution in [0.25, 0.3) is 10.4 Å². The van der Waals surface area contributed by atoms with E-state index in [-0.39, 0.29) is 0 Å². The number of carboxylic acids is 1. The lowest BCUT2D eigenvalue weighted by atomic mass is 9.68. The fraction of sp³-hybridized carbons (Fsp3) is 0.462. The Bertz CT molecular complexity index is 578. The molecule has 1 N–H and O–H groups in total. The van der Waals surface area contributed by atoms with Gasteiger partial charge in [-0.2, -0.15) is 0 Å². The Kier molecular flexibility index (Phi) is 4.34. The Hall–Kier alpha value is -1.85. The Morgan fingerprint density at radius 3 is 2.43 bits per heavy atom. The lowest BCUT2D eigenvalue weighted by molar-refractivity contribution is -0.144. The highest BCUT2D eigenvalue weighted by molar-refractivity contribution is 6.30. The molecule has 0 spiro atoms. The van der Waals surface area contributed by atoms with Crippen molar-refractivity contribution in [1.82, 2.24) is 0 Å². The Morgan fingerprint density at radius 1 is 1.43 bits per heavy atom. The fourth-order valence-electron chi connectivity index (χ4n) is 2.69. The summed E-state index contributed by atoms with van der Waals surface area (Å²) in [6, 6.07) is 4.83. The zero-order chi connectivity index (χ0) is 15.6. The molecule has 0 heterocycles. The molecule has 0 amide bonds. The zero-order valence-corrected chi connectivity index (χ0v) is 11.5. The minimum atomic E-state index is -2.78. The minimum Gasteiger partial charge on any atom is -0.481 e. The molecule has 1 aliphatic carbocycles. The average molecular weight is 316 g/mol. The molecule has 0 bridgehead atoms. The van der Waals surface area contributed by atoms with E-state index in [1.54, 1.807) is 24.3 Å². The van der Waals surface area contributed by atoms with Gasteiger partial charge in [0.15, 0.2) is 0 Å². The smallest absolute Gasteiger partial charge is 0.313 e. The number of nitrogens with zero attached hydrogens (tertiary/aromatic N) is 3. The Balaban J connectivity index is 2.36. The van der Waals surface area contributed by atoms with Crippen LogP contribution in [-0.2, 0) is 4.79 Å². The number of benzene rings is 1. The molecule has 5 nitrogen and oxygen atoms in total. The number of alkyl halides is 2. The highest BCUT2D eigenvalue weighted by atomic mass is 35.5. The quantitative estimate of drug-likeness (QED) is 0.500. The topological polar surface area (TPSA) is 86.1 Å². The van der Waals surface area contributed by atoms with Crippen molar-refractivity contribution in [1.29, 1.82) is 0 Å². The molecule has 0 aliphatic heterocycles. The van der Waals surface area contributed by atoms with Crippen LogP contribution in [0.15, 0.2) is 29.4 Å². The van der Waals surface area contributed by atoms with Gasteiger partial charge in [-0.05, 0) is 29.1 Å². The first-order valence-corrected chi connectivity index (χ1v) is 6.62. The lowest BCUT2D eigenvalue weighted by Crippen LogP contribution is -2.43. The maximum absolute atomic E-state index is 13.1. The summed E-state index contributed by atoms with van der Waals surface area (Å²) >= 11 is 5.77. The third-order valence-electron chi connectivity index (χ3n) is 3.65. The van der Waals surface area contributed by atoms with E-state index in [0.29, 0.717) is 10.6 Å². The molecule has 8 heteroatoms. The molecule has 0 radical (unpaired) electrons. The number of azide groups is 1. The summed E-state index contributed by atoms with van der Waals surface area (Å²) in [7, 11) is 0. The van der Waals surface area contributed by atoms with Crippen molar-refractivity contribution in [2.75, 3.05) is 0 Å². The molecule has 0 unspecified atom stereocenters. The third-order valence-corrected chi connectivity index (χ3v) is 3.91. The Morgan fingerprint density at radius 2 is 2.00 bits per heavy atom. The van der Waals surface area contributed by atoms with Crippen LogP contribution in [0.1, 0.15) is 24.3 Å². The van der Waals surface area contributed by atoms with Crippen molar-refractivity contribution in [3.8, 4) is 0 Å². The zero-order valence-electron chi connectivity index (χ0n) is 10.8. The SMILES string of the molecule is [N-]=[N+]=N[C@@H](C(=O)O)[C@@H](c1ccc(Cl)cc1)C1CC(F)(F)C1. The molecular weight excluding hydrogens is 304 g/mol. The van der Waals surface area contributed by atoms with Gasteiger partial charge in [-0.3, -0.25) is 4.79 Å². The summed E-state index contributed by atoms with van der Waals surface area (Å²) < 4.78 is 26.2. The van der Waals surface area contributed by atoms with Crippen LogP contribution < -0.4 is 0 Å². The highest BCUT2D eigenvalue weighted by Gasteiger charge is 2.51. The summed E-state index contributed by atoms with van der Waals surface area (Å²) in [5.74, 6) is -5.46. The van der Waals surface area contributed by atoms with Gasteiger partial charge in [0.05, 0.1) is 0 Å². The van der Waals surface area contributed by atoms with Gasteiger partial charge >= 0.3 is 5.97 Å². The Labute approximate surface area is 124 Å². The lowest BCUT2D eigenvalue weighted by Gasteiger charge is -2.41. The molecule has 1 fully saturated rings.